The molecule has 328 valence electrons. The molecular weight excluding hydrogens is 870 g/mol. The normalized spacial score (nSPS) is 11.5. The molecule has 0 aliphatic carbocycles. The molecule has 0 radical (unpaired) electrons. The van der Waals surface area contributed by atoms with Crippen molar-refractivity contribution in [2.24, 2.45) is 0 Å². The van der Waals surface area contributed by atoms with Gasteiger partial charge >= 0.3 is 0 Å². The minimum absolute atomic E-state index is 0.318. The zero-order valence-corrected chi connectivity index (χ0v) is 36.4. The van der Waals surface area contributed by atoms with Crippen LogP contribution in [-0.2, 0) is 0 Å². The molecule has 0 amide bonds. The summed E-state index contributed by atoms with van der Waals surface area (Å²) in [5, 5.41) is 3.48. The zero-order chi connectivity index (χ0) is 46.9. The van der Waals surface area contributed by atoms with E-state index in [1.165, 1.54) is 12.1 Å². The molecule has 0 fully saturated rings. The first-order chi connectivity index (χ1) is 33.8. The van der Waals surface area contributed by atoms with Crippen LogP contribution < -0.4 is 0 Å². The number of hydrogen-bond donors (Lipinski definition) is 0. The molecule has 8 heteroatoms. The SMILES string of the molecule is [C-]#[N+]c1cc(-n2c3cc(-c4ccccc4)ccc3c3ccc(-c4ccccc4)cc32)c(-n2c3cc(-c4ccccc4)ccc3c3ccc(-c4ccccc4)cc32)cc1-c1c(F)c(F)c(F)c(F)c1F. The average molecular weight is 904 g/mol. The summed E-state index contributed by atoms with van der Waals surface area (Å²) in [6.45, 7) is 8.52. The smallest absolute Gasteiger partial charge is 0.200 e. The lowest BCUT2D eigenvalue weighted by Gasteiger charge is -2.21. The van der Waals surface area contributed by atoms with E-state index in [-0.39, 0.29) is 5.69 Å². The van der Waals surface area contributed by atoms with Crippen molar-refractivity contribution >= 4 is 49.3 Å². The van der Waals surface area contributed by atoms with Crippen molar-refractivity contribution in [3.63, 3.8) is 0 Å². The third kappa shape index (κ3) is 6.70. The fourth-order valence-corrected chi connectivity index (χ4v) is 9.85. The summed E-state index contributed by atoms with van der Waals surface area (Å²) < 4.78 is 81.8. The summed E-state index contributed by atoms with van der Waals surface area (Å²) in [7, 11) is 0. The van der Waals surface area contributed by atoms with Gasteiger partial charge in [0.15, 0.2) is 29.0 Å². The molecule has 0 spiro atoms. The van der Waals surface area contributed by atoms with Crippen molar-refractivity contribution in [1.29, 1.82) is 0 Å². The van der Waals surface area contributed by atoms with Gasteiger partial charge in [-0.15, -0.1) is 0 Å². The molecule has 12 aromatic rings. The standard InChI is InChI=1S/C61H34F5N3/c1-67-49-35-55(69-52-32-42(38-18-10-4-11-19-38)24-28-46(52)47-29-25-43(33-53(47)69)39-20-12-5-13-21-39)54(34-48(49)56-57(62)59(64)61(66)60(65)58(56)63)68-50-30-40(36-14-6-2-7-15-36)22-26-44(50)45-27-23-41(31-51(45)68)37-16-8-3-9-17-37/h2-35H. The topological polar surface area (TPSA) is 14.2 Å². The van der Waals surface area contributed by atoms with Crippen LogP contribution in [0.5, 0.6) is 0 Å². The van der Waals surface area contributed by atoms with E-state index in [4.69, 9.17) is 6.57 Å². The number of hydrogen-bond acceptors (Lipinski definition) is 0. The number of halogens is 5. The van der Waals surface area contributed by atoms with Crippen LogP contribution in [0.25, 0.3) is 115 Å². The summed E-state index contributed by atoms with van der Waals surface area (Å²) in [5.41, 5.74) is 9.11. The molecule has 69 heavy (non-hydrogen) atoms. The molecule has 2 heterocycles. The van der Waals surface area contributed by atoms with Crippen LogP contribution in [0.2, 0.25) is 0 Å². The van der Waals surface area contributed by atoms with E-state index in [1.54, 1.807) is 0 Å². The third-order valence-electron chi connectivity index (χ3n) is 13.1. The van der Waals surface area contributed by atoms with Crippen molar-refractivity contribution in [1.82, 2.24) is 9.13 Å². The highest BCUT2D eigenvalue weighted by molar-refractivity contribution is 6.14. The van der Waals surface area contributed by atoms with Crippen LogP contribution in [0.3, 0.4) is 0 Å². The van der Waals surface area contributed by atoms with Gasteiger partial charge < -0.3 is 9.13 Å². The van der Waals surface area contributed by atoms with Crippen LogP contribution in [0.4, 0.5) is 27.6 Å². The van der Waals surface area contributed by atoms with E-state index in [0.29, 0.717) is 22.4 Å². The van der Waals surface area contributed by atoms with Gasteiger partial charge in [-0.2, -0.15) is 0 Å². The minimum Gasteiger partial charge on any atom is -0.308 e. The Labute approximate surface area is 392 Å². The van der Waals surface area contributed by atoms with Gasteiger partial charge in [-0.1, -0.05) is 170 Å². The first-order valence-corrected chi connectivity index (χ1v) is 22.2. The molecule has 0 aliphatic heterocycles. The molecule has 12 rings (SSSR count). The summed E-state index contributed by atoms with van der Waals surface area (Å²) in [4.78, 5) is 3.78. The maximum atomic E-state index is 16.2. The molecule has 0 bridgehead atoms. The Morgan fingerprint density at radius 3 is 0.899 bits per heavy atom. The molecule has 0 saturated carbocycles. The van der Waals surface area contributed by atoms with E-state index in [1.807, 2.05) is 162 Å². The molecule has 3 nitrogen and oxygen atoms in total. The molecule has 10 aromatic carbocycles. The number of aromatic nitrogens is 2. The van der Waals surface area contributed by atoms with Gasteiger partial charge in [0.2, 0.25) is 5.82 Å². The van der Waals surface area contributed by atoms with Gasteiger partial charge in [0.25, 0.3) is 0 Å². The summed E-state index contributed by atoms with van der Waals surface area (Å²) in [6.07, 6.45) is 0. The second-order valence-corrected chi connectivity index (χ2v) is 17.0. The highest BCUT2D eigenvalue weighted by Crippen LogP contribution is 2.47. The molecule has 0 saturated heterocycles. The summed E-state index contributed by atoms with van der Waals surface area (Å²) >= 11 is 0. The predicted molar refractivity (Wildman–Crippen MR) is 268 cm³/mol. The summed E-state index contributed by atoms with van der Waals surface area (Å²) in [6, 6.07) is 67.2. The van der Waals surface area contributed by atoms with Gasteiger partial charge in [0.1, 0.15) is 0 Å². The maximum absolute atomic E-state index is 16.2. The Bertz CT molecular complexity index is 3840. The van der Waals surface area contributed by atoms with Crippen molar-refractivity contribution in [3.05, 3.63) is 247 Å². The molecule has 2 aromatic heterocycles. The third-order valence-corrected chi connectivity index (χ3v) is 13.1. The van der Waals surface area contributed by atoms with Crippen molar-refractivity contribution < 1.29 is 22.0 Å². The van der Waals surface area contributed by atoms with Crippen LogP contribution in [-0.4, -0.2) is 9.13 Å². The van der Waals surface area contributed by atoms with Gasteiger partial charge in [0, 0.05) is 27.1 Å². The predicted octanol–water partition coefficient (Wildman–Crippen LogP) is 17.5. The Hall–Kier alpha value is -9.06. The van der Waals surface area contributed by atoms with E-state index < -0.39 is 40.2 Å². The number of fused-ring (bicyclic) bond motifs is 6. The molecule has 0 unspecified atom stereocenters. The monoisotopic (exact) mass is 903 g/mol. The van der Waals surface area contributed by atoms with Crippen molar-refractivity contribution in [2.75, 3.05) is 0 Å². The first-order valence-electron chi connectivity index (χ1n) is 22.2. The van der Waals surface area contributed by atoms with Crippen LogP contribution >= 0.6 is 0 Å². The van der Waals surface area contributed by atoms with Crippen LogP contribution in [0, 0.1) is 35.7 Å². The lowest BCUT2D eigenvalue weighted by atomic mass is 9.99. The molecular formula is C61H34F5N3. The first kappa shape index (κ1) is 41.4. The second kappa shape index (κ2) is 16.4. The largest absolute Gasteiger partial charge is 0.308 e. The average Bonchev–Trinajstić information content (AvgIpc) is 3.91. The fraction of sp³-hybridized carbons (Fsp3) is 0. The van der Waals surface area contributed by atoms with E-state index in [0.717, 1.165) is 77.1 Å². The summed E-state index contributed by atoms with van der Waals surface area (Å²) in [5.74, 6) is -10.6. The van der Waals surface area contributed by atoms with Gasteiger partial charge in [0.05, 0.1) is 40.0 Å². The highest BCUT2D eigenvalue weighted by atomic mass is 19.2. The van der Waals surface area contributed by atoms with E-state index in [2.05, 4.69) is 45.8 Å². The maximum Gasteiger partial charge on any atom is 0.200 e. The Balaban J connectivity index is 1.28. The van der Waals surface area contributed by atoms with Gasteiger partial charge in [-0.05, 0) is 86.5 Å². The Kier molecular flexibility index (Phi) is 9.82. The quantitative estimate of drug-likeness (QED) is 0.0655. The number of nitrogens with zero attached hydrogens (tertiary/aromatic N) is 3. The molecule has 0 aliphatic rings. The van der Waals surface area contributed by atoms with Crippen molar-refractivity contribution in [2.45, 2.75) is 0 Å². The van der Waals surface area contributed by atoms with Gasteiger partial charge in [-0.25, -0.2) is 26.8 Å². The van der Waals surface area contributed by atoms with Crippen LogP contribution in [0.15, 0.2) is 206 Å². The fourth-order valence-electron chi connectivity index (χ4n) is 9.85. The number of rotatable bonds is 7. The highest BCUT2D eigenvalue weighted by Gasteiger charge is 2.30. The Morgan fingerprint density at radius 2 is 0.594 bits per heavy atom. The molecule has 0 atom stereocenters. The van der Waals surface area contributed by atoms with Crippen LogP contribution in [0.1, 0.15) is 0 Å². The zero-order valence-electron chi connectivity index (χ0n) is 36.4. The van der Waals surface area contributed by atoms with E-state index in [9.17, 15) is 4.39 Å². The number of benzene rings is 10. The van der Waals surface area contributed by atoms with Crippen molar-refractivity contribution in [3.8, 4) is 67.0 Å². The second-order valence-electron chi connectivity index (χ2n) is 17.0. The lowest BCUT2D eigenvalue weighted by molar-refractivity contribution is 0.381. The lowest BCUT2D eigenvalue weighted by Crippen LogP contribution is -2.07. The Morgan fingerprint density at radius 1 is 0.304 bits per heavy atom. The van der Waals surface area contributed by atoms with Gasteiger partial charge in [-0.3, -0.25) is 0 Å². The minimum atomic E-state index is -2.28. The molecule has 0 N–H and O–H groups in total. The van der Waals surface area contributed by atoms with E-state index >= 15 is 17.6 Å².